The van der Waals surface area contributed by atoms with E-state index in [-0.39, 0.29) is 10.8 Å². The molecule has 0 radical (unpaired) electrons. The topological polar surface area (TPSA) is 65.9 Å². The molecule has 3 N–H and O–H groups in total. The second-order valence-electron chi connectivity index (χ2n) is 3.80. The van der Waals surface area contributed by atoms with Gasteiger partial charge in [-0.15, -0.1) is 0 Å². The van der Waals surface area contributed by atoms with Crippen LogP contribution in [0.5, 0.6) is 5.75 Å². The van der Waals surface area contributed by atoms with Crippen LogP contribution >= 0.6 is 35.4 Å². The zero-order valence-electron chi connectivity index (χ0n) is 10.8. The van der Waals surface area contributed by atoms with Gasteiger partial charge in [-0.25, -0.2) is 0 Å². The highest BCUT2D eigenvalue weighted by Gasteiger charge is 2.05. The van der Waals surface area contributed by atoms with Crippen molar-refractivity contribution < 1.29 is 9.84 Å². The first-order valence-electron chi connectivity index (χ1n) is 5.78. The highest BCUT2D eigenvalue weighted by molar-refractivity contribution is 7.80. The van der Waals surface area contributed by atoms with Crippen LogP contribution in [0, 0.1) is 0 Å². The molecule has 0 aliphatic carbocycles. The van der Waals surface area contributed by atoms with Gasteiger partial charge in [0.2, 0.25) is 0 Å². The Balaban J connectivity index is 2.47. The molecule has 1 aromatic rings. The SMILES string of the molecule is COCCCNC(=S)N/N=C/c1cc(Cl)cc(Cl)c1O. The number of rotatable bonds is 6. The van der Waals surface area contributed by atoms with Gasteiger partial charge in [-0.2, -0.15) is 5.10 Å². The highest BCUT2D eigenvalue weighted by Crippen LogP contribution is 2.29. The van der Waals surface area contributed by atoms with Gasteiger partial charge in [-0.05, 0) is 30.8 Å². The Morgan fingerprint density at radius 2 is 2.25 bits per heavy atom. The summed E-state index contributed by atoms with van der Waals surface area (Å²) < 4.78 is 4.91. The van der Waals surface area contributed by atoms with E-state index in [4.69, 9.17) is 40.2 Å². The first kappa shape index (κ1) is 17.0. The third-order valence-electron chi connectivity index (χ3n) is 2.24. The Morgan fingerprint density at radius 1 is 1.50 bits per heavy atom. The number of hydrogen-bond donors (Lipinski definition) is 3. The number of thiocarbonyl (C=S) groups is 1. The summed E-state index contributed by atoms with van der Waals surface area (Å²) in [6.45, 7) is 1.34. The Labute approximate surface area is 132 Å². The second kappa shape index (κ2) is 8.97. The van der Waals surface area contributed by atoms with Crippen LogP contribution in [0.2, 0.25) is 10.0 Å². The molecule has 0 atom stereocenters. The van der Waals surface area contributed by atoms with Crippen molar-refractivity contribution in [3.05, 3.63) is 27.7 Å². The number of methoxy groups -OCH3 is 1. The number of ether oxygens (including phenoxy) is 1. The lowest BCUT2D eigenvalue weighted by Gasteiger charge is -2.06. The molecule has 1 aromatic carbocycles. The number of phenolic OH excluding ortho intramolecular Hbond substituents is 1. The van der Waals surface area contributed by atoms with Crippen LogP contribution in [0.25, 0.3) is 0 Å². The normalized spacial score (nSPS) is 10.8. The Kier molecular flexibility index (Phi) is 7.61. The van der Waals surface area contributed by atoms with Crippen LogP contribution in [-0.2, 0) is 4.74 Å². The van der Waals surface area contributed by atoms with Crippen molar-refractivity contribution in [1.29, 1.82) is 0 Å². The molecule has 0 fully saturated rings. The number of nitrogens with one attached hydrogen (secondary N) is 2. The van der Waals surface area contributed by atoms with Crippen molar-refractivity contribution in [2.75, 3.05) is 20.3 Å². The minimum atomic E-state index is -0.0828. The number of benzene rings is 1. The number of aromatic hydroxyl groups is 1. The summed E-state index contributed by atoms with van der Waals surface area (Å²) >= 11 is 16.6. The minimum absolute atomic E-state index is 0.0828. The lowest BCUT2D eigenvalue weighted by Crippen LogP contribution is -2.33. The van der Waals surface area contributed by atoms with E-state index in [1.807, 2.05) is 0 Å². The van der Waals surface area contributed by atoms with Gasteiger partial charge in [0.15, 0.2) is 5.11 Å². The van der Waals surface area contributed by atoms with E-state index in [2.05, 4.69) is 15.8 Å². The average Bonchev–Trinajstić information content (AvgIpc) is 2.40. The van der Waals surface area contributed by atoms with Gasteiger partial charge in [-0.3, -0.25) is 5.43 Å². The summed E-state index contributed by atoms with van der Waals surface area (Å²) in [7, 11) is 1.64. The van der Waals surface area contributed by atoms with Crippen LogP contribution in [-0.4, -0.2) is 36.7 Å². The number of halogens is 2. The molecule has 20 heavy (non-hydrogen) atoms. The fourth-order valence-electron chi connectivity index (χ4n) is 1.30. The fraction of sp³-hybridized carbons (Fsp3) is 0.333. The molecule has 0 spiro atoms. The Bertz CT molecular complexity index is 498. The molecular formula is C12H15Cl2N3O2S. The summed E-state index contributed by atoms with van der Waals surface area (Å²) in [5.41, 5.74) is 3.03. The molecule has 0 saturated carbocycles. The lowest BCUT2D eigenvalue weighted by molar-refractivity contribution is 0.195. The number of hydrazone groups is 1. The number of nitrogens with zero attached hydrogens (tertiary/aromatic N) is 1. The van der Waals surface area contributed by atoms with Crippen LogP contribution < -0.4 is 10.7 Å². The largest absolute Gasteiger partial charge is 0.506 e. The van der Waals surface area contributed by atoms with E-state index in [9.17, 15) is 5.11 Å². The van der Waals surface area contributed by atoms with Gasteiger partial charge in [0, 0.05) is 30.8 Å². The number of hydrogen-bond acceptors (Lipinski definition) is 4. The second-order valence-corrected chi connectivity index (χ2v) is 5.05. The van der Waals surface area contributed by atoms with Gasteiger partial charge in [-0.1, -0.05) is 23.2 Å². The molecule has 0 heterocycles. The monoisotopic (exact) mass is 335 g/mol. The van der Waals surface area contributed by atoms with Crippen molar-refractivity contribution in [3.63, 3.8) is 0 Å². The first-order valence-corrected chi connectivity index (χ1v) is 6.95. The zero-order chi connectivity index (χ0) is 15.0. The summed E-state index contributed by atoms with van der Waals surface area (Å²) in [5, 5.41) is 17.5. The van der Waals surface area contributed by atoms with Crippen molar-refractivity contribution in [3.8, 4) is 5.75 Å². The third-order valence-corrected chi connectivity index (χ3v) is 2.98. The van der Waals surface area contributed by atoms with Crippen LogP contribution in [0.4, 0.5) is 0 Å². The molecule has 0 aliphatic rings. The van der Waals surface area contributed by atoms with E-state index < -0.39 is 0 Å². The van der Waals surface area contributed by atoms with Gasteiger partial charge in [0.1, 0.15) is 5.75 Å². The van der Waals surface area contributed by atoms with E-state index in [1.165, 1.54) is 12.3 Å². The van der Waals surface area contributed by atoms with Gasteiger partial charge < -0.3 is 15.2 Å². The Morgan fingerprint density at radius 3 is 2.95 bits per heavy atom. The van der Waals surface area contributed by atoms with Crippen molar-refractivity contribution in [1.82, 2.24) is 10.7 Å². The predicted molar refractivity (Wildman–Crippen MR) is 86.0 cm³/mol. The molecule has 5 nitrogen and oxygen atoms in total. The van der Waals surface area contributed by atoms with Crippen LogP contribution in [0.1, 0.15) is 12.0 Å². The van der Waals surface area contributed by atoms with E-state index in [0.29, 0.717) is 28.9 Å². The molecule has 0 aromatic heterocycles. The van der Waals surface area contributed by atoms with E-state index in [0.717, 1.165) is 6.42 Å². The fourth-order valence-corrected chi connectivity index (χ4v) is 1.97. The third kappa shape index (κ3) is 5.92. The summed E-state index contributed by atoms with van der Waals surface area (Å²) in [4.78, 5) is 0. The molecule has 0 amide bonds. The maximum atomic E-state index is 9.72. The molecular weight excluding hydrogens is 321 g/mol. The van der Waals surface area contributed by atoms with E-state index in [1.54, 1.807) is 13.2 Å². The van der Waals surface area contributed by atoms with Gasteiger partial charge >= 0.3 is 0 Å². The standard InChI is InChI=1S/C12H15Cl2N3O2S/c1-19-4-2-3-15-12(20)17-16-7-8-5-9(13)6-10(14)11(8)18/h5-7,18H,2-4H2,1H3,(H2,15,17,20)/b16-7+. The van der Waals surface area contributed by atoms with E-state index >= 15 is 0 Å². The molecule has 110 valence electrons. The molecule has 0 unspecified atom stereocenters. The quantitative estimate of drug-likeness (QED) is 0.322. The van der Waals surface area contributed by atoms with Crippen molar-refractivity contribution in [2.45, 2.75) is 6.42 Å². The molecule has 0 saturated heterocycles. The lowest BCUT2D eigenvalue weighted by atomic mass is 10.2. The molecule has 0 bridgehead atoms. The number of phenols is 1. The molecule has 1 rings (SSSR count). The maximum absolute atomic E-state index is 9.72. The van der Waals surface area contributed by atoms with Crippen LogP contribution in [0.15, 0.2) is 17.2 Å². The summed E-state index contributed by atoms with van der Waals surface area (Å²) in [6, 6.07) is 2.99. The zero-order valence-corrected chi connectivity index (χ0v) is 13.1. The maximum Gasteiger partial charge on any atom is 0.186 e. The smallest absolute Gasteiger partial charge is 0.186 e. The summed E-state index contributed by atoms with van der Waals surface area (Å²) in [6.07, 6.45) is 2.23. The highest BCUT2D eigenvalue weighted by atomic mass is 35.5. The predicted octanol–water partition coefficient (Wildman–Crippen LogP) is 2.53. The molecule has 8 heteroatoms. The average molecular weight is 336 g/mol. The molecule has 0 aliphatic heterocycles. The van der Waals surface area contributed by atoms with Gasteiger partial charge in [0.05, 0.1) is 11.2 Å². The summed E-state index contributed by atoms with van der Waals surface area (Å²) in [5.74, 6) is -0.0828. The Hall–Kier alpha value is -1.08. The minimum Gasteiger partial charge on any atom is -0.506 e. The van der Waals surface area contributed by atoms with Crippen molar-refractivity contribution >= 4 is 46.7 Å². The van der Waals surface area contributed by atoms with Crippen LogP contribution in [0.3, 0.4) is 0 Å². The van der Waals surface area contributed by atoms with Gasteiger partial charge in [0.25, 0.3) is 0 Å². The van der Waals surface area contributed by atoms with Crippen molar-refractivity contribution in [2.24, 2.45) is 5.10 Å². The first-order chi connectivity index (χ1) is 9.54.